The van der Waals surface area contributed by atoms with Gasteiger partial charge in [-0.2, -0.15) is 0 Å². The molecule has 0 saturated heterocycles. The molecule has 0 spiro atoms. The van der Waals surface area contributed by atoms with E-state index in [1.54, 1.807) is 12.1 Å². The summed E-state index contributed by atoms with van der Waals surface area (Å²) in [6.45, 7) is 0.473. The highest BCUT2D eigenvalue weighted by atomic mass is 35.5. The average molecular weight is 304 g/mol. The third-order valence-corrected chi connectivity index (χ3v) is 3.08. The van der Waals surface area contributed by atoms with Crippen molar-refractivity contribution in [2.24, 2.45) is 5.73 Å². The Bertz CT molecular complexity index is 629. The molecular formula is C15H14ClN3O2. The van der Waals surface area contributed by atoms with Crippen molar-refractivity contribution in [3.8, 4) is 0 Å². The molecule has 0 bridgehead atoms. The molecule has 5 nitrogen and oxygen atoms in total. The number of benzene rings is 1. The van der Waals surface area contributed by atoms with Gasteiger partial charge in [-0.1, -0.05) is 41.9 Å². The molecule has 1 heterocycles. The Labute approximate surface area is 127 Å². The van der Waals surface area contributed by atoms with Crippen LogP contribution in [-0.4, -0.2) is 21.7 Å². The van der Waals surface area contributed by atoms with E-state index in [0.29, 0.717) is 10.7 Å². The number of nitrogens with zero attached hydrogens (tertiary/aromatic N) is 2. The number of carbonyl (C=O) groups is 2. The molecule has 0 unspecified atom stereocenters. The molecule has 6 heteroatoms. The molecule has 108 valence electrons. The first-order valence-electron chi connectivity index (χ1n) is 6.29. The molecule has 1 aromatic heterocycles. The summed E-state index contributed by atoms with van der Waals surface area (Å²) in [5.74, 6) is -1.73. The zero-order chi connectivity index (χ0) is 15.2. The highest BCUT2D eigenvalue weighted by molar-refractivity contribution is 6.34. The van der Waals surface area contributed by atoms with Crippen molar-refractivity contribution in [1.82, 2.24) is 9.88 Å². The fourth-order valence-electron chi connectivity index (χ4n) is 1.85. The summed E-state index contributed by atoms with van der Waals surface area (Å²) < 4.78 is 0. The molecule has 1 aromatic carbocycles. The van der Waals surface area contributed by atoms with Gasteiger partial charge in [0.1, 0.15) is 0 Å². The molecule has 0 saturated carbocycles. The minimum Gasteiger partial charge on any atom is -0.361 e. The lowest BCUT2D eigenvalue weighted by Crippen LogP contribution is -2.39. The molecule has 2 N–H and O–H groups in total. The minimum absolute atomic E-state index is 0.188. The van der Waals surface area contributed by atoms with E-state index in [0.717, 1.165) is 5.56 Å². The standard InChI is InChI=1S/C15H14ClN3O2/c16-12-6-7-13(18-8-12)10-19(15(21)14(17)20)9-11-4-2-1-3-5-11/h1-8H,9-10H2,(H2,17,20). The van der Waals surface area contributed by atoms with Gasteiger partial charge in [0.15, 0.2) is 0 Å². The van der Waals surface area contributed by atoms with Gasteiger partial charge in [0.25, 0.3) is 0 Å². The Balaban J connectivity index is 2.18. The maximum atomic E-state index is 11.9. The molecule has 2 amide bonds. The monoisotopic (exact) mass is 303 g/mol. The number of primary amides is 1. The van der Waals surface area contributed by atoms with Crippen LogP contribution in [0.1, 0.15) is 11.3 Å². The number of carbonyl (C=O) groups excluding carboxylic acids is 2. The zero-order valence-electron chi connectivity index (χ0n) is 11.2. The van der Waals surface area contributed by atoms with Crippen LogP contribution in [0.2, 0.25) is 5.02 Å². The number of nitrogens with two attached hydrogens (primary N) is 1. The van der Waals surface area contributed by atoms with Gasteiger partial charge in [-0.15, -0.1) is 0 Å². The highest BCUT2D eigenvalue weighted by Gasteiger charge is 2.20. The summed E-state index contributed by atoms with van der Waals surface area (Å²) in [4.78, 5) is 28.6. The van der Waals surface area contributed by atoms with E-state index in [9.17, 15) is 9.59 Å². The lowest BCUT2D eigenvalue weighted by Gasteiger charge is -2.21. The van der Waals surface area contributed by atoms with Crippen LogP contribution >= 0.6 is 11.6 Å². The van der Waals surface area contributed by atoms with Gasteiger partial charge in [-0.25, -0.2) is 0 Å². The van der Waals surface area contributed by atoms with Crippen molar-refractivity contribution < 1.29 is 9.59 Å². The third kappa shape index (κ3) is 4.29. The third-order valence-electron chi connectivity index (χ3n) is 2.86. The summed E-state index contributed by atoms with van der Waals surface area (Å²) in [7, 11) is 0. The second-order valence-electron chi connectivity index (χ2n) is 4.48. The number of rotatable bonds is 4. The highest BCUT2D eigenvalue weighted by Crippen LogP contribution is 2.11. The maximum absolute atomic E-state index is 11.9. The molecule has 0 aliphatic carbocycles. The van der Waals surface area contributed by atoms with Crippen molar-refractivity contribution in [3.63, 3.8) is 0 Å². The summed E-state index contributed by atoms with van der Waals surface area (Å²) in [5, 5.41) is 0.509. The van der Waals surface area contributed by atoms with Gasteiger partial charge in [0.2, 0.25) is 0 Å². The van der Waals surface area contributed by atoms with Crippen LogP contribution in [0.4, 0.5) is 0 Å². The molecule has 0 aliphatic rings. The molecule has 2 aromatic rings. The van der Waals surface area contributed by atoms with E-state index >= 15 is 0 Å². The second-order valence-corrected chi connectivity index (χ2v) is 4.92. The fraction of sp³-hybridized carbons (Fsp3) is 0.133. The Kier molecular flexibility index (Phi) is 4.90. The summed E-state index contributed by atoms with van der Waals surface area (Å²) >= 11 is 5.77. The van der Waals surface area contributed by atoms with E-state index in [2.05, 4.69) is 4.98 Å². The fourth-order valence-corrected chi connectivity index (χ4v) is 1.97. The lowest BCUT2D eigenvalue weighted by atomic mass is 10.2. The number of hydrogen-bond acceptors (Lipinski definition) is 3. The quantitative estimate of drug-likeness (QED) is 0.874. The number of aromatic nitrogens is 1. The van der Waals surface area contributed by atoms with E-state index < -0.39 is 11.8 Å². The lowest BCUT2D eigenvalue weighted by molar-refractivity contribution is -0.145. The van der Waals surface area contributed by atoms with E-state index in [-0.39, 0.29) is 13.1 Å². The summed E-state index contributed by atoms with van der Waals surface area (Å²) in [5.41, 5.74) is 6.63. The molecule has 21 heavy (non-hydrogen) atoms. The van der Waals surface area contributed by atoms with Crippen molar-refractivity contribution >= 4 is 23.4 Å². The van der Waals surface area contributed by atoms with Crippen molar-refractivity contribution in [2.45, 2.75) is 13.1 Å². The summed E-state index contributed by atoms with van der Waals surface area (Å²) in [6, 6.07) is 12.7. The van der Waals surface area contributed by atoms with Crippen LogP contribution in [0.5, 0.6) is 0 Å². The molecular weight excluding hydrogens is 290 g/mol. The second kappa shape index (κ2) is 6.85. The molecule has 0 aliphatic heterocycles. The largest absolute Gasteiger partial charge is 0.361 e. The molecule has 2 rings (SSSR count). The average Bonchev–Trinajstić information content (AvgIpc) is 2.49. The van der Waals surface area contributed by atoms with Crippen molar-refractivity contribution in [3.05, 3.63) is 64.9 Å². The Morgan fingerprint density at radius 1 is 1.10 bits per heavy atom. The maximum Gasteiger partial charge on any atom is 0.312 e. The van der Waals surface area contributed by atoms with E-state index in [1.165, 1.54) is 11.1 Å². The van der Waals surface area contributed by atoms with Crippen LogP contribution in [0.15, 0.2) is 48.7 Å². The normalized spacial score (nSPS) is 10.1. The first-order chi connectivity index (χ1) is 10.1. The van der Waals surface area contributed by atoms with Crippen molar-refractivity contribution in [1.29, 1.82) is 0 Å². The summed E-state index contributed by atoms with van der Waals surface area (Å²) in [6.07, 6.45) is 1.49. The molecule has 0 atom stereocenters. The first-order valence-corrected chi connectivity index (χ1v) is 6.67. The zero-order valence-corrected chi connectivity index (χ0v) is 12.0. The van der Waals surface area contributed by atoms with Gasteiger partial charge in [-0.05, 0) is 17.7 Å². The van der Waals surface area contributed by atoms with E-state index in [1.807, 2.05) is 30.3 Å². The van der Waals surface area contributed by atoms with Crippen LogP contribution in [0.25, 0.3) is 0 Å². The first kappa shape index (κ1) is 15.0. The minimum atomic E-state index is -0.986. The molecule has 0 fully saturated rings. The topological polar surface area (TPSA) is 76.3 Å². The number of amides is 2. The predicted molar refractivity (Wildman–Crippen MR) is 79.1 cm³/mol. The number of hydrogen-bond donors (Lipinski definition) is 1. The van der Waals surface area contributed by atoms with Crippen LogP contribution in [0, 0.1) is 0 Å². The molecule has 0 radical (unpaired) electrons. The number of halogens is 1. The van der Waals surface area contributed by atoms with Gasteiger partial charge < -0.3 is 10.6 Å². The number of pyridine rings is 1. The van der Waals surface area contributed by atoms with Gasteiger partial charge in [0, 0.05) is 12.7 Å². The Hall–Kier alpha value is -2.40. The van der Waals surface area contributed by atoms with Gasteiger partial charge >= 0.3 is 11.8 Å². The van der Waals surface area contributed by atoms with Crippen LogP contribution < -0.4 is 5.73 Å². The van der Waals surface area contributed by atoms with Gasteiger partial charge in [-0.3, -0.25) is 14.6 Å². The smallest absolute Gasteiger partial charge is 0.312 e. The Morgan fingerprint density at radius 2 is 1.81 bits per heavy atom. The van der Waals surface area contributed by atoms with Crippen molar-refractivity contribution in [2.75, 3.05) is 0 Å². The van der Waals surface area contributed by atoms with Crippen LogP contribution in [-0.2, 0) is 22.7 Å². The van der Waals surface area contributed by atoms with Crippen LogP contribution in [0.3, 0.4) is 0 Å². The SMILES string of the molecule is NC(=O)C(=O)N(Cc1ccccc1)Cc1ccc(Cl)cn1. The van der Waals surface area contributed by atoms with E-state index in [4.69, 9.17) is 17.3 Å². The predicted octanol–water partition coefficient (Wildman–Crippen LogP) is 1.75. The van der Waals surface area contributed by atoms with Gasteiger partial charge in [0.05, 0.1) is 17.3 Å². The Morgan fingerprint density at radius 3 is 2.38 bits per heavy atom.